The third kappa shape index (κ3) is 6.74. The smallest absolute Gasteiger partial charge is 0.253 e. The topological polar surface area (TPSA) is 66.0 Å². The van der Waals surface area contributed by atoms with Crippen molar-refractivity contribution in [2.45, 2.75) is 39.8 Å². The lowest BCUT2D eigenvalue weighted by Crippen LogP contribution is -2.45. The second-order valence-electron chi connectivity index (χ2n) is 6.42. The number of ether oxygens (including phenoxy) is 1. The summed E-state index contributed by atoms with van der Waals surface area (Å²) in [7, 11) is 3.43. The fraction of sp³-hybridized carbons (Fsp3) is 0.579. The zero-order valence-electron chi connectivity index (χ0n) is 16.3. The number of hydrogen-bond donors (Lipinski definition) is 2. The highest BCUT2D eigenvalue weighted by molar-refractivity contribution is 5.94. The molecule has 1 amide bonds. The van der Waals surface area contributed by atoms with E-state index in [0.717, 1.165) is 24.2 Å². The van der Waals surface area contributed by atoms with Gasteiger partial charge in [-0.05, 0) is 45.4 Å². The Bertz CT molecular complexity index is 563. The minimum absolute atomic E-state index is 0.0729. The van der Waals surface area contributed by atoms with E-state index < -0.39 is 0 Å². The Morgan fingerprint density at radius 3 is 2.24 bits per heavy atom. The Hall–Kier alpha value is -2.08. The van der Waals surface area contributed by atoms with Gasteiger partial charge in [-0.1, -0.05) is 12.1 Å². The fourth-order valence-corrected chi connectivity index (χ4v) is 2.23. The number of nitrogens with zero attached hydrogens (tertiary/aromatic N) is 2. The van der Waals surface area contributed by atoms with E-state index in [2.05, 4.69) is 15.6 Å². The Kier molecular flexibility index (Phi) is 8.41. The first-order chi connectivity index (χ1) is 11.9. The standard InChI is InChI=1S/C19H32N4O2/c1-7-23(8-2)17(24)16-11-9-15(10-12-16)13-21-18(20-5)22-14-19(3,4)25-6/h9-12H,7-8,13-14H2,1-6H3,(H2,20,21,22). The first-order valence-corrected chi connectivity index (χ1v) is 8.74. The number of guanidine groups is 1. The minimum atomic E-state index is -0.260. The third-order valence-electron chi connectivity index (χ3n) is 4.17. The average Bonchev–Trinajstić information content (AvgIpc) is 2.63. The normalized spacial score (nSPS) is 12.0. The van der Waals surface area contributed by atoms with Gasteiger partial charge in [0.15, 0.2) is 5.96 Å². The fourth-order valence-electron chi connectivity index (χ4n) is 2.23. The molecular formula is C19H32N4O2. The van der Waals surface area contributed by atoms with Gasteiger partial charge >= 0.3 is 0 Å². The predicted octanol–water partition coefficient (Wildman–Crippen LogP) is 2.26. The lowest BCUT2D eigenvalue weighted by atomic mass is 10.1. The van der Waals surface area contributed by atoms with E-state index in [9.17, 15) is 4.79 Å². The molecule has 140 valence electrons. The van der Waals surface area contributed by atoms with Gasteiger partial charge in [-0.2, -0.15) is 0 Å². The number of methoxy groups -OCH3 is 1. The Morgan fingerprint density at radius 2 is 1.76 bits per heavy atom. The van der Waals surface area contributed by atoms with Crippen molar-refractivity contribution < 1.29 is 9.53 Å². The largest absolute Gasteiger partial charge is 0.377 e. The molecule has 0 unspecified atom stereocenters. The Balaban J connectivity index is 2.59. The molecule has 1 rings (SSSR count). The second-order valence-corrected chi connectivity index (χ2v) is 6.42. The molecule has 0 saturated heterocycles. The van der Waals surface area contributed by atoms with E-state index in [0.29, 0.717) is 19.0 Å². The number of nitrogens with one attached hydrogen (secondary N) is 2. The first kappa shape index (κ1) is 21.0. The molecule has 0 spiro atoms. The van der Waals surface area contributed by atoms with Gasteiger partial charge in [0.25, 0.3) is 5.91 Å². The van der Waals surface area contributed by atoms with Gasteiger partial charge in [-0.15, -0.1) is 0 Å². The van der Waals surface area contributed by atoms with Crippen LogP contribution in [-0.4, -0.2) is 56.2 Å². The van der Waals surface area contributed by atoms with Gasteiger partial charge in [0.1, 0.15) is 0 Å². The van der Waals surface area contributed by atoms with Crippen molar-refractivity contribution in [3.63, 3.8) is 0 Å². The Labute approximate surface area is 151 Å². The molecule has 0 heterocycles. The number of aliphatic imine (C=N–C) groups is 1. The van der Waals surface area contributed by atoms with Crippen LogP contribution in [0.4, 0.5) is 0 Å². The van der Waals surface area contributed by atoms with Crippen molar-refractivity contribution in [3.05, 3.63) is 35.4 Å². The molecule has 1 aromatic rings. The van der Waals surface area contributed by atoms with Crippen LogP contribution in [0.5, 0.6) is 0 Å². The average molecular weight is 348 g/mol. The van der Waals surface area contributed by atoms with E-state index in [1.165, 1.54) is 0 Å². The number of hydrogen-bond acceptors (Lipinski definition) is 3. The zero-order chi connectivity index (χ0) is 18.9. The number of carbonyl (C=O) groups is 1. The molecule has 0 aliphatic carbocycles. The first-order valence-electron chi connectivity index (χ1n) is 8.74. The highest BCUT2D eigenvalue weighted by atomic mass is 16.5. The summed E-state index contributed by atoms with van der Waals surface area (Å²) < 4.78 is 5.39. The van der Waals surface area contributed by atoms with Gasteiger partial charge in [-0.25, -0.2) is 0 Å². The van der Waals surface area contributed by atoms with Crippen LogP contribution in [0.3, 0.4) is 0 Å². The van der Waals surface area contributed by atoms with Gasteiger partial charge in [-0.3, -0.25) is 9.79 Å². The van der Waals surface area contributed by atoms with E-state index in [1.807, 2.05) is 56.9 Å². The van der Waals surface area contributed by atoms with Crippen LogP contribution in [0.25, 0.3) is 0 Å². The molecule has 2 N–H and O–H groups in total. The molecule has 25 heavy (non-hydrogen) atoms. The second kappa shape index (κ2) is 10.0. The maximum atomic E-state index is 12.3. The van der Waals surface area contributed by atoms with Crippen LogP contribution >= 0.6 is 0 Å². The van der Waals surface area contributed by atoms with Crippen LogP contribution in [0.1, 0.15) is 43.6 Å². The predicted molar refractivity (Wildman–Crippen MR) is 103 cm³/mol. The lowest BCUT2D eigenvalue weighted by Gasteiger charge is -2.24. The lowest BCUT2D eigenvalue weighted by molar-refractivity contribution is 0.0268. The molecule has 0 aliphatic rings. The molecule has 1 aromatic carbocycles. The molecule has 0 fully saturated rings. The zero-order valence-corrected chi connectivity index (χ0v) is 16.3. The molecule has 0 aliphatic heterocycles. The summed E-state index contributed by atoms with van der Waals surface area (Å²) in [5.74, 6) is 0.789. The van der Waals surface area contributed by atoms with Crippen molar-refractivity contribution in [2.75, 3.05) is 33.8 Å². The van der Waals surface area contributed by atoms with Crippen molar-refractivity contribution in [1.29, 1.82) is 0 Å². The van der Waals surface area contributed by atoms with Crippen LogP contribution in [0, 0.1) is 0 Å². The highest BCUT2D eigenvalue weighted by Crippen LogP contribution is 2.08. The van der Waals surface area contributed by atoms with Gasteiger partial charge in [0.05, 0.1) is 5.60 Å². The van der Waals surface area contributed by atoms with Crippen LogP contribution < -0.4 is 10.6 Å². The maximum Gasteiger partial charge on any atom is 0.253 e. The SMILES string of the molecule is CCN(CC)C(=O)c1ccc(CNC(=NC)NCC(C)(C)OC)cc1. The number of carbonyl (C=O) groups excluding carboxylic acids is 1. The maximum absolute atomic E-state index is 12.3. The van der Waals surface area contributed by atoms with Crippen molar-refractivity contribution in [3.8, 4) is 0 Å². The molecule has 0 radical (unpaired) electrons. The summed E-state index contributed by atoms with van der Waals surface area (Å²) in [4.78, 5) is 18.3. The minimum Gasteiger partial charge on any atom is -0.377 e. The summed E-state index contributed by atoms with van der Waals surface area (Å²) in [5, 5.41) is 6.51. The molecule has 0 saturated carbocycles. The quantitative estimate of drug-likeness (QED) is 0.559. The van der Waals surface area contributed by atoms with E-state index >= 15 is 0 Å². The van der Waals surface area contributed by atoms with E-state index in [4.69, 9.17) is 4.74 Å². The molecule has 0 atom stereocenters. The van der Waals surface area contributed by atoms with Gasteiger partial charge in [0, 0.05) is 45.9 Å². The molecule has 6 nitrogen and oxygen atoms in total. The highest BCUT2D eigenvalue weighted by Gasteiger charge is 2.16. The van der Waals surface area contributed by atoms with Crippen molar-refractivity contribution in [2.24, 2.45) is 4.99 Å². The number of amides is 1. The van der Waals surface area contributed by atoms with Crippen molar-refractivity contribution >= 4 is 11.9 Å². The van der Waals surface area contributed by atoms with Gasteiger partial charge < -0.3 is 20.3 Å². The number of rotatable bonds is 8. The van der Waals surface area contributed by atoms with E-state index in [1.54, 1.807) is 14.2 Å². The summed E-state index contributed by atoms with van der Waals surface area (Å²) in [6, 6.07) is 7.69. The summed E-state index contributed by atoms with van der Waals surface area (Å²) in [5.41, 5.74) is 1.55. The molecule has 6 heteroatoms. The monoisotopic (exact) mass is 348 g/mol. The van der Waals surface area contributed by atoms with Crippen LogP contribution in [0.15, 0.2) is 29.3 Å². The van der Waals surface area contributed by atoms with Crippen LogP contribution in [0.2, 0.25) is 0 Å². The summed E-state index contributed by atoms with van der Waals surface area (Å²) in [6.45, 7) is 10.7. The Morgan fingerprint density at radius 1 is 1.16 bits per heavy atom. The van der Waals surface area contributed by atoms with Gasteiger partial charge in [0.2, 0.25) is 0 Å². The summed E-state index contributed by atoms with van der Waals surface area (Å²) in [6.07, 6.45) is 0. The molecular weight excluding hydrogens is 316 g/mol. The van der Waals surface area contributed by atoms with Crippen molar-refractivity contribution in [1.82, 2.24) is 15.5 Å². The molecule has 0 aromatic heterocycles. The molecule has 0 bridgehead atoms. The third-order valence-corrected chi connectivity index (χ3v) is 4.17. The summed E-state index contributed by atoms with van der Waals surface area (Å²) >= 11 is 0. The number of benzene rings is 1. The van der Waals surface area contributed by atoms with E-state index in [-0.39, 0.29) is 11.5 Å². The van der Waals surface area contributed by atoms with Crippen LogP contribution in [-0.2, 0) is 11.3 Å².